The van der Waals surface area contributed by atoms with Gasteiger partial charge in [0.05, 0.1) is 0 Å². The molecule has 0 aliphatic carbocycles. The topological polar surface area (TPSA) is 94.8 Å². The molecule has 5 nitrogen and oxygen atoms in total. The van der Waals surface area contributed by atoms with Crippen molar-refractivity contribution in [2.75, 3.05) is 0 Å². The largest absolute Gasteiger partial charge is 1.00 e. The van der Waals surface area contributed by atoms with Crippen LogP contribution in [0.2, 0.25) is 0 Å². The molecule has 0 amide bonds. The van der Waals surface area contributed by atoms with Crippen LogP contribution in [-0.2, 0) is 10.1 Å². The van der Waals surface area contributed by atoms with Crippen LogP contribution in [0.5, 0.6) is 11.5 Å². The van der Waals surface area contributed by atoms with Crippen molar-refractivity contribution in [1.29, 1.82) is 0 Å². The van der Waals surface area contributed by atoms with Gasteiger partial charge in [0.25, 0.3) is 10.1 Å². The SMILES string of the molecule is O=S(=O)(O)c1cccc(O)c1O.[H-].[H-].[H-].[Na+].[Na+].[Na+]. The Morgan fingerprint density at radius 2 is 1.53 bits per heavy atom. The van der Waals surface area contributed by atoms with Gasteiger partial charge in [-0.2, -0.15) is 8.42 Å². The summed E-state index contributed by atoms with van der Waals surface area (Å²) in [5.41, 5.74) is 0. The van der Waals surface area contributed by atoms with Crippen molar-refractivity contribution < 1.29 is 116 Å². The van der Waals surface area contributed by atoms with Gasteiger partial charge < -0.3 is 14.5 Å². The van der Waals surface area contributed by atoms with E-state index in [0.717, 1.165) is 12.1 Å². The first-order valence-electron chi connectivity index (χ1n) is 2.91. The van der Waals surface area contributed by atoms with Gasteiger partial charge in [-0.1, -0.05) is 6.07 Å². The maximum atomic E-state index is 10.5. The minimum Gasteiger partial charge on any atom is -1.00 e. The summed E-state index contributed by atoms with van der Waals surface area (Å²) in [5, 5.41) is 17.8. The fourth-order valence-corrected chi connectivity index (χ4v) is 1.32. The third-order valence-corrected chi connectivity index (χ3v) is 2.14. The standard InChI is InChI=1S/C6H6O5S.3Na.3H/c7-4-2-1-3-5(6(4)8)12(9,10)11;;;;;;/h1-3,7-8H,(H,9,10,11);;;;;;/q;3*+1;3*-1. The minimum atomic E-state index is -4.47. The van der Waals surface area contributed by atoms with Gasteiger partial charge in [-0.05, 0) is 12.1 Å². The Bertz CT molecular complexity index is 417. The molecule has 0 unspecified atom stereocenters. The summed E-state index contributed by atoms with van der Waals surface area (Å²) < 4.78 is 29.5. The number of rotatable bonds is 1. The van der Waals surface area contributed by atoms with Gasteiger partial charge in [-0.25, -0.2) is 0 Å². The van der Waals surface area contributed by atoms with Gasteiger partial charge in [0.2, 0.25) is 0 Å². The van der Waals surface area contributed by atoms with Crippen LogP contribution in [-0.4, -0.2) is 23.2 Å². The number of hydrogen-bond acceptors (Lipinski definition) is 4. The Labute approximate surface area is 158 Å². The molecule has 0 radical (unpaired) electrons. The summed E-state index contributed by atoms with van der Waals surface area (Å²) in [6.07, 6.45) is 0. The van der Waals surface area contributed by atoms with Crippen LogP contribution in [0.15, 0.2) is 23.1 Å². The number of benzene rings is 1. The predicted molar refractivity (Wildman–Crippen MR) is 42.9 cm³/mol. The van der Waals surface area contributed by atoms with Gasteiger partial charge in [-0.15, -0.1) is 0 Å². The Morgan fingerprint density at radius 3 is 1.87 bits per heavy atom. The van der Waals surface area contributed by atoms with E-state index in [9.17, 15) is 8.42 Å². The first-order chi connectivity index (χ1) is 5.43. The van der Waals surface area contributed by atoms with Crippen molar-refractivity contribution in [3.05, 3.63) is 18.2 Å². The average molecular weight is 262 g/mol. The summed E-state index contributed by atoms with van der Waals surface area (Å²) >= 11 is 0. The van der Waals surface area contributed by atoms with E-state index in [1.807, 2.05) is 0 Å². The van der Waals surface area contributed by atoms with Crippen molar-refractivity contribution in [3.63, 3.8) is 0 Å². The van der Waals surface area contributed by atoms with Crippen molar-refractivity contribution in [2.45, 2.75) is 4.90 Å². The van der Waals surface area contributed by atoms with Crippen molar-refractivity contribution in [2.24, 2.45) is 0 Å². The number of aromatic hydroxyl groups is 2. The molecule has 1 aromatic rings. The third kappa shape index (κ3) is 6.28. The van der Waals surface area contributed by atoms with Crippen LogP contribution in [0, 0.1) is 0 Å². The van der Waals surface area contributed by atoms with E-state index < -0.39 is 26.5 Å². The number of para-hydroxylation sites is 1. The van der Waals surface area contributed by atoms with E-state index >= 15 is 0 Å². The van der Waals surface area contributed by atoms with Crippen LogP contribution < -0.4 is 88.7 Å². The number of phenols is 2. The molecule has 3 N–H and O–H groups in total. The van der Waals surface area contributed by atoms with Gasteiger partial charge in [0.1, 0.15) is 4.90 Å². The minimum absolute atomic E-state index is 0. The quantitative estimate of drug-likeness (QED) is 0.265. The summed E-state index contributed by atoms with van der Waals surface area (Å²) in [4.78, 5) is -0.706. The molecule has 0 saturated heterocycles. The van der Waals surface area contributed by atoms with Crippen LogP contribution in [0.4, 0.5) is 0 Å². The van der Waals surface area contributed by atoms with E-state index in [2.05, 4.69) is 0 Å². The zero-order chi connectivity index (χ0) is 9.35. The van der Waals surface area contributed by atoms with Crippen molar-refractivity contribution >= 4 is 10.1 Å². The van der Waals surface area contributed by atoms with Crippen LogP contribution in [0.25, 0.3) is 0 Å². The summed E-state index contributed by atoms with van der Waals surface area (Å²) in [6, 6.07) is 3.27. The van der Waals surface area contributed by atoms with Crippen LogP contribution >= 0.6 is 0 Å². The molecule has 72 valence electrons. The molecule has 1 aromatic carbocycles. The Kier molecular flexibility index (Phi) is 12.8. The van der Waals surface area contributed by atoms with Gasteiger partial charge in [-0.3, -0.25) is 4.55 Å². The molecule has 0 bridgehead atoms. The molecule has 1 rings (SSSR count). The molecule has 0 fully saturated rings. The molecule has 0 aromatic heterocycles. The molecular weight excluding hydrogens is 253 g/mol. The maximum Gasteiger partial charge on any atom is 1.00 e. The number of hydrogen-bond donors (Lipinski definition) is 3. The van der Waals surface area contributed by atoms with Gasteiger partial charge in [0, 0.05) is 0 Å². The zero-order valence-corrected chi connectivity index (χ0v) is 15.6. The average Bonchev–Trinajstić information content (AvgIpc) is 1.92. The second kappa shape index (κ2) is 8.77. The maximum absolute atomic E-state index is 10.5. The normalized spacial score (nSPS) is 9.13. The Balaban J connectivity index is -0.0000000600. The molecule has 0 atom stereocenters. The van der Waals surface area contributed by atoms with E-state index in [0.29, 0.717) is 0 Å². The summed E-state index contributed by atoms with van der Waals surface area (Å²) in [5.74, 6) is -1.44. The van der Waals surface area contributed by atoms with E-state index in [-0.39, 0.29) is 93.0 Å². The zero-order valence-electron chi connectivity index (χ0n) is 11.8. The van der Waals surface area contributed by atoms with Crippen LogP contribution in [0.1, 0.15) is 4.28 Å². The molecule has 0 saturated carbocycles. The molecule has 15 heavy (non-hydrogen) atoms. The van der Waals surface area contributed by atoms with Gasteiger partial charge in [0.15, 0.2) is 11.5 Å². The molecule has 0 heterocycles. The van der Waals surface area contributed by atoms with Crippen molar-refractivity contribution in [1.82, 2.24) is 0 Å². The summed E-state index contributed by atoms with van der Waals surface area (Å²) in [7, 11) is -4.47. The van der Waals surface area contributed by atoms with Crippen molar-refractivity contribution in [3.8, 4) is 11.5 Å². The molecule has 0 aliphatic heterocycles. The Hall–Kier alpha value is 1.73. The van der Waals surface area contributed by atoms with E-state index in [4.69, 9.17) is 14.8 Å². The molecular formula is C6H9Na3O5S. The predicted octanol–water partition coefficient (Wildman–Crippen LogP) is -8.31. The summed E-state index contributed by atoms with van der Waals surface area (Å²) in [6.45, 7) is 0. The fourth-order valence-electron chi connectivity index (χ4n) is 0.719. The first kappa shape index (κ1) is 22.0. The Morgan fingerprint density at radius 1 is 1.07 bits per heavy atom. The van der Waals surface area contributed by atoms with E-state index in [1.54, 1.807) is 0 Å². The van der Waals surface area contributed by atoms with Gasteiger partial charge >= 0.3 is 88.7 Å². The molecule has 0 spiro atoms. The van der Waals surface area contributed by atoms with E-state index in [1.165, 1.54) is 6.07 Å². The number of phenolic OH excluding ortho intramolecular Hbond substituents is 2. The second-order valence-corrected chi connectivity index (χ2v) is 3.49. The second-order valence-electron chi connectivity index (χ2n) is 2.10. The first-order valence-corrected chi connectivity index (χ1v) is 4.35. The molecule has 9 heteroatoms. The van der Waals surface area contributed by atoms with Crippen LogP contribution in [0.3, 0.4) is 0 Å². The third-order valence-electron chi connectivity index (χ3n) is 1.26. The molecule has 0 aliphatic rings. The fraction of sp³-hybridized carbons (Fsp3) is 0. The smallest absolute Gasteiger partial charge is 1.00 e. The monoisotopic (exact) mass is 262 g/mol.